The fourth-order valence-corrected chi connectivity index (χ4v) is 2.40. The summed E-state index contributed by atoms with van der Waals surface area (Å²) < 4.78 is 50.3. The topological polar surface area (TPSA) is 118 Å². The Labute approximate surface area is 165 Å². The molecule has 0 unspecified atom stereocenters. The maximum absolute atomic E-state index is 13.0. The number of nitrogens with zero attached hydrogens (tertiary/aromatic N) is 5. The maximum Gasteiger partial charge on any atom is 0.431 e. The number of hydrogen-bond acceptors (Lipinski definition) is 8. The van der Waals surface area contributed by atoms with Gasteiger partial charge >= 0.3 is 11.9 Å². The van der Waals surface area contributed by atoms with Gasteiger partial charge in [0.05, 0.1) is 6.20 Å². The van der Waals surface area contributed by atoms with Crippen LogP contribution in [0.5, 0.6) is 17.5 Å². The second-order valence-corrected chi connectivity index (χ2v) is 5.65. The van der Waals surface area contributed by atoms with Gasteiger partial charge in [0, 0.05) is 19.2 Å². The second kappa shape index (κ2) is 8.14. The van der Waals surface area contributed by atoms with Crippen LogP contribution in [-0.4, -0.2) is 37.0 Å². The minimum Gasteiger partial charge on any atom is -0.467 e. The third-order valence-electron chi connectivity index (χ3n) is 3.70. The van der Waals surface area contributed by atoms with Crippen molar-refractivity contribution in [1.29, 1.82) is 0 Å². The van der Waals surface area contributed by atoms with E-state index in [4.69, 9.17) is 9.47 Å². The average Bonchev–Trinajstić information content (AvgIpc) is 2.70. The summed E-state index contributed by atoms with van der Waals surface area (Å²) >= 11 is 0. The van der Waals surface area contributed by atoms with E-state index < -0.39 is 23.1 Å². The summed E-state index contributed by atoms with van der Waals surface area (Å²) in [5.74, 6) is -0.477. The van der Waals surface area contributed by atoms with Crippen molar-refractivity contribution in [2.45, 2.75) is 6.18 Å². The van der Waals surface area contributed by atoms with Crippen LogP contribution < -0.4 is 20.7 Å². The van der Waals surface area contributed by atoms with E-state index in [9.17, 15) is 27.6 Å². The third-order valence-corrected chi connectivity index (χ3v) is 3.70. The molecule has 13 heteroatoms. The molecule has 0 aliphatic heterocycles. The highest BCUT2D eigenvalue weighted by Gasteiger charge is 2.35. The number of carbonyl (C=O) groups excluding carboxylic acids is 1. The zero-order chi connectivity index (χ0) is 21.9. The molecule has 0 aliphatic carbocycles. The lowest BCUT2D eigenvalue weighted by Gasteiger charge is -2.14. The summed E-state index contributed by atoms with van der Waals surface area (Å²) in [5.41, 5.74) is -3.84. The normalized spacial score (nSPS) is 11.2. The molecular formula is C17H12F3N5O5. The van der Waals surface area contributed by atoms with Gasteiger partial charge < -0.3 is 9.47 Å². The molecule has 0 aromatic carbocycles. The quantitative estimate of drug-likeness (QED) is 0.541. The van der Waals surface area contributed by atoms with Crippen molar-refractivity contribution < 1.29 is 27.4 Å². The van der Waals surface area contributed by atoms with Crippen molar-refractivity contribution >= 4 is 6.29 Å². The standard InChI is InChI=1S/C17H12F3N5O5/c1-24-11(17(18,19)20)7-14(27)25(16(24)28)12-3-2-4-13(23-12)30-10-8-21-9-22-15(10)29-6-5-26/h2-5,7-9H,6H2,1H3. The molecule has 0 saturated carbocycles. The Morgan fingerprint density at radius 2 is 2.00 bits per heavy atom. The minimum atomic E-state index is -4.88. The van der Waals surface area contributed by atoms with Gasteiger partial charge in [0.2, 0.25) is 11.6 Å². The van der Waals surface area contributed by atoms with Gasteiger partial charge in [-0.15, -0.1) is 0 Å². The van der Waals surface area contributed by atoms with E-state index in [0.29, 0.717) is 21.5 Å². The molecule has 3 rings (SSSR count). The van der Waals surface area contributed by atoms with Crippen molar-refractivity contribution in [1.82, 2.24) is 24.1 Å². The number of aromatic nitrogens is 5. The van der Waals surface area contributed by atoms with Crippen molar-refractivity contribution in [2.24, 2.45) is 7.05 Å². The molecule has 30 heavy (non-hydrogen) atoms. The van der Waals surface area contributed by atoms with Gasteiger partial charge in [-0.1, -0.05) is 6.07 Å². The van der Waals surface area contributed by atoms with Crippen LogP contribution in [0.25, 0.3) is 5.82 Å². The lowest BCUT2D eigenvalue weighted by molar-refractivity contribution is -0.144. The number of hydrogen-bond donors (Lipinski definition) is 0. The van der Waals surface area contributed by atoms with E-state index in [-0.39, 0.29) is 29.9 Å². The minimum absolute atomic E-state index is 0.0170. The first kappa shape index (κ1) is 20.7. The lowest BCUT2D eigenvalue weighted by atomic mass is 10.3. The largest absolute Gasteiger partial charge is 0.467 e. The van der Waals surface area contributed by atoms with Crippen molar-refractivity contribution in [3.05, 3.63) is 63.3 Å². The van der Waals surface area contributed by atoms with Crippen molar-refractivity contribution in [3.8, 4) is 23.3 Å². The molecule has 0 atom stereocenters. The average molecular weight is 423 g/mol. The summed E-state index contributed by atoms with van der Waals surface area (Å²) in [6, 6.07) is 4.28. The zero-order valence-corrected chi connectivity index (χ0v) is 15.2. The van der Waals surface area contributed by atoms with E-state index >= 15 is 0 Å². The van der Waals surface area contributed by atoms with Crippen LogP contribution in [-0.2, 0) is 18.0 Å². The molecule has 0 fully saturated rings. The summed E-state index contributed by atoms with van der Waals surface area (Å²) in [7, 11) is 0.888. The smallest absolute Gasteiger partial charge is 0.431 e. The van der Waals surface area contributed by atoms with Gasteiger partial charge in [0.1, 0.15) is 24.4 Å². The molecule has 3 heterocycles. The van der Waals surface area contributed by atoms with E-state index in [1.54, 1.807) is 0 Å². The predicted molar refractivity (Wildman–Crippen MR) is 93.7 cm³/mol. The van der Waals surface area contributed by atoms with Gasteiger partial charge in [0.15, 0.2) is 6.29 Å². The number of aldehydes is 1. The predicted octanol–water partition coefficient (Wildman–Crippen LogP) is 1.11. The van der Waals surface area contributed by atoms with Crippen LogP contribution in [0.1, 0.15) is 5.69 Å². The fraction of sp³-hybridized carbons (Fsp3) is 0.176. The van der Waals surface area contributed by atoms with E-state index in [1.807, 2.05) is 0 Å². The third kappa shape index (κ3) is 4.19. The first-order valence-electron chi connectivity index (χ1n) is 8.14. The summed E-state index contributed by atoms with van der Waals surface area (Å²) in [4.78, 5) is 46.6. The van der Waals surface area contributed by atoms with Crippen LogP contribution in [0.15, 0.2) is 46.4 Å². The van der Waals surface area contributed by atoms with Crippen LogP contribution >= 0.6 is 0 Å². The Hall–Kier alpha value is -4.03. The first-order chi connectivity index (χ1) is 14.2. The lowest BCUT2D eigenvalue weighted by Crippen LogP contribution is -2.41. The number of rotatable bonds is 6. The Morgan fingerprint density at radius 3 is 2.70 bits per heavy atom. The molecule has 0 amide bonds. The van der Waals surface area contributed by atoms with Crippen LogP contribution in [0, 0.1) is 0 Å². The highest BCUT2D eigenvalue weighted by Crippen LogP contribution is 2.28. The summed E-state index contributed by atoms with van der Waals surface area (Å²) in [6.07, 6.45) is -2.00. The Bertz CT molecular complexity index is 1210. The van der Waals surface area contributed by atoms with E-state index in [1.165, 1.54) is 24.4 Å². The van der Waals surface area contributed by atoms with E-state index in [2.05, 4.69) is 15.0 Å². The molecule has 3 aromatic heterocycles. The van der Waals surface area contributed by atoms with Gasteiger partial charge in [0.25, 0.3) is 11.4 Å². The second-order valence-electron chi connectivity index (χ2n) is 5.65. The molecule has 3 aromatic rings. The van der Waals surface area contributed by atoms with Crippen molar-refractivity contribution in [3.63, 3.8) is 0 Å². The Morgan fingerprint density at radius 1 is 1.23 bits per heavy atom. The fourth-order valence-electron chi connectivity index (χ4n) is 2.40. The SMILES string of the molecule is Cn1c(C(F)(F)F)cc(=O)n(-c2cccc(Oc3cncnc3OCC=O)n2)c1=O. The number of alkyl halides is 3. The van der Waals surface area contributed by atoms with Gasteiger partial charge in [-0.3, -0.25) is 14.2 Å². The molecule has 0 aliphatic rings. The molecule has 0 saturated heterocycles. The van der Waals surface area contributed by atoms with Gasteiger partial charge in [-0.25, -0.2) is 14.3 Å². The summed E-state index contributed by atoms with van der Waals surface area (Å²) in [6.45, 7) is -0.294. The molecular weight excluding hydrogens is 411 g/mol. The summed E-state index contributed by atoms with van der Waals surface area (Å²) in [5, 5.41) is 0. The Kier molecular flexibility index (Phi) is 5.62. The van der Waals surface area contributed by atoms with Gasteiger partial charge in [-0.05, 0) is 6.07 Å². The number of halogens is 3. The number of pyridine rings is 1. The highest BCUT2D eigenvalue weighted by molar-refractivity contribution is 5.51. The molecule has 0 bridgehead atoms. The van der Waals surface area contributed by atoms with Crippen LogP contribution in [0.3, 0.4) is 0 Å². The monoisotopic (exact) mass is 423 g/mol. The Balaban J connectivity index is 2.02. The molecule has 0 N–H and O–H groups in total. The van der Waals surface area contributed by atoms with Crippen molar-refractivity contribution in [2.75, 3.05) is 6.61 Å². The maximum atomic E-state index is 13.0. The van der Waals surface area contributed by atoms with Crippen LogP contribution in [0.2, 0.25) is 0 Å². The zero-order valence-electron chi connectivity index (χ0n) is 15.2. The highest BCUT2D eigenvalue weighted by atomic mass is 19.4. The first-order valence-corrected chi connectivity index (χ1v) is 8.14. The molecule has 10 nitrogen and oxygen atoms in total. The molecule has 0 radical (unpaired) electrons. The molecule has 156 valence electrons. The molecule has 0 spiro atoms. The van der Waals surface area contributed by atoms with E-state index in [0.717, 1.165) is 13.4 Å². The number of carbonyl (C=O) groups is 1. The van der Waals surface area contributed by atoms with Crippen LogP contribution in [0.4, 0.5) is 13.2 Å². The van der Waals surface area contributed by atoms with Gasteiger partial charge in [-0.2, -0.15) is 23.1 Å². The number of ether oxygens (including phenoxy) is 2.